The Labute approximate surface area is 136 Å². The van der Waals surface area contributed by atoms with Crippen LogP contribution >= 0.6 is 0 Å². The molecule has 0 radical (unpaired) electrons. The van der Waals surface area contributed by atoms with E-state index in [1.54, 1.807) is 18.2 Å². The van der Waals surface area contributed by atoms with Crippen LogP contribution in [0.3, 0.4) is 0 Å². The minimum atomic E-state index is -0.344. The van der Waals surface area contributed by atoms with Crippen molar-refractivity contribution in [2.75, 3.05) is 13.1 Å². The van der Waals surface area contributed by atoms with Gasteiger partial charge in [0, 0.05) is 25.0 Å². The Bertz CT molecular complexity index is 578. The number of amides is 2. The molecule has 1 aliphatic heterocycles. The smallest absolute Gasteiger partial charge is 0.225 e. The molecule has 1 N–H and O–H groups in total. The topological polar surface area (TPSA) is 49.4 Å². The van der Waals surface area contributed by atoms with Crippen molar-refractivity contribution in [3.05, 3.63) is 35.6 Å². The molecule has 23 heavy (non-hydrogen) atoms. The normalized spacial score (nSPS) is 19.3. The summed E-state index contributed by atoms with van der Waals surface area (Å²) in [4.78, 5) is 26.2. The molecule has 1 aromatic carbocycles. The van der Waals surface area contributed by atoms with Gasteiger partial charge in [0.2, 0.25) is 11.8 Å². The second-order valence-electron chi connectivity index (χ2n) is 6.56. The maximum Gasteiger partial charge on any atom is 0.225 e. The van der Waals surface area contributed by atoms with Crippen molar-refractivity contribution >= 4 is 11.8 Å². The van der Waals surface area contributed by atoms with Crippen molar-refractivity contribution in [3.63, 3.8) is 0 Å². The molecule has 4 nitrogen and oxygen atoms in total. The highest BCUT2D eigenvalue weighted by Crippen LogP contribution is 2.29. The van der Waals surface area contributed by atoms with E-state index in [0.29, 0.717) is 18.7 Å². The zero-order chi connectivity index (χ0) is 16.2. The number of nitrogens with one attached hydrogen (secondary N) is 1. The molecule has 2 amide bonds. The number of nitrogens with zero attached hydrogens (tertiary/aromatic N) is 1. The molecule has 1 saturated heterocycles. The molecule has 0 bridgehead atoms. The second-order valence-corrected chi connectivity index (χ2v) is 6.56. The molecule has 2 aliphatic rings. The number of carbonyl (C=O) groups is 2. The van der Waals surface area contributed by atoms with E-state index in [9.17, 15) is 14.0 Å². The lowest BCUT2D eigenvalue weighted by molar-refractivity contribution is -0.139. The van der Waals surface area contributed by atoms with Gasteiger partial charge in [-0.15, -0.1) is 0 Å². The van der Waals surface area contributed by atoms with E-state index < -0.39 is 0 Å². The molecule has 2 fully saturated rings. The first-order valence-corrected chi connectivity index (χ1v) is 8.45. The van der Waals surface area contributed by atoms with Gasteiger partial charge >= 0.3 is 0 Å². The number of carbonyl (C=O) groups excluding carboxylic acids is 2. The van der Waals surface area contributed by atoms with Gasteiger partial charge in [0.1, 0.15) is 5.82 Å². The standard InChI is InChI=1S/C18H23FN2O2/c19-16-7-2-1-4-14(16)12-17(22)20-15-8-10-21(11-9-15)18(23)13-5-3-6-13/h1-2,4,7,13,15H,3,5-6,8-12H2,(H,20,22). The van der Waals surface area contributed by atoms with Crippen molar-refractivity contribution < 1.29 is 14.0 Å². The molecule has 5 heteroatoms. The maximum absolute atomic E-state index is 13.6. The summed E-state index contributed by atoms with van der Waals surface area (Å²) in [6.07, 6.45) is 4.84. The number of hydrogen-bond donors (Lipinski definition) is 1. The SMILES string of the molecule is O=C(Cc1ccccc1F)NC1CCN(C(=O)C2CCC2)CC1. The van der Waals surface area contributed by atoms with Gasteiger partial charge in [-0.25, -0.2) is 4.39 Å². The number of hydrogen-bond acceptors (Lipinski definition) is 2. The van der Waals surface area contributed by atoms with Crippen LogP contribution in [0.1, 0.15) is 37.7 Å². The highest BCUT2D eigenvalue weighted by atomic mass is 19.1. The first kappa shape index (κ1) is 16.0. The van der Waals surface area contributed by atoms with Gasteiger partial charge < -0.3 is 10.2 Å². The van der Waals surface area contributed by atoms with Crippen LogP contribution in [0.2, 0.25) is 0 Å². The van der Waals surface area contributed by atoms with Gasteiger partial charge in [0.25, 0.3) is 0 Å². The van der Waals surface area contributed by atoms with Gasteiger partial charge in [-0.1, -0.05) is 24.6 Å². The Hall–Kier alpha value is -1.91. The van der Waals surface area contributed by atoms with E-state index in [0.717, 1.165) is 25.7 Å². The summed E-state index contributed by atoms with van der Waals surface area (Å²) in [5, 5.41) is 2.97. The molecular weight excluding hydrogens is 295 g/mol. The second kappa shape index (κ2) is 7.11. The van der Waals surface area contributed by atoms with Crippen LogP contribution in [-0.2, 0) is 16.0 Å². The predicted octanol–water partition coefficient (Wildman–Crippen LogP) is 2.28. The van der Waals surface area contributed by atoms with E-state index in [2.05, 4.69) is 5.32 Å². The minimum Gasteiger partial charge on any atom is -0.353 e. The average molecular weight is 318 g/mol. The van der Waals surface area contributed by atoms with Crippen molar-refractivity contribution in [3.8, 4) is 0 Å². The zero-order valence-electron chi connectivity index (χ0n) is 13.3. The molecule has 0 atom stereocenters. The lowest BCUT2D eigenvalue weighted by Crippen LogP contribution is -2.49. The van der Waals surface area contributed by atoms with E-state index in [4.69, 9.17) is 0 Å². The Kier molecular flexibility index (Phi) is 4.94. The zero-order valence-corrected chi connectivity index (χ0v) is 13.3. The number of rotatable bonds is 4. The summed E-state index contributed by atoms with van der Waals surface area (Å²) < 4.78 is 13.6. The minimum absolute atomic E-state index is 0.0634. The van der Waals surface area contributed by atoms with Gasteiger partial charge in [0.15, 0.2) is 0 Å². The third-order valence-corrected chi connectivity index (χ3v) is 4.94. The van der Waals surface area contributed by atoms with Crippen LogP contribution in [-0.4, -0.2) is 35.8 Å². The molecule has 0 unspecified atom stereocenters. The summed E-state index contributed by atoms with van der Waals surface area (Å²) in [6.45, 7) is 1.42. The Morgan fingerprint density at radius 2 is 1.83 bits per heavy atom. The number of likely N-dealkylation sites (tertiary alicyclic amines) is 1. The first-order valence-electron chi connectivity index (χ1n) is 8.45. The Morgan fingerprint density at radius 3 is 2.43 bits per heavy atom. The molecule has 3 rings (SSSR count). The van der Waals surface area contributed by atoms with Crippen LogP contribution < -0.4 is 5.32 Å². The van der Waals surface area contributed by atoms with E-state index >= 15 is 0 Å². The molecule has 124 valence electrons. The number of benzene rings is 1. The molecular formula is C18H23FN2O2. The van der Waals surface area contributed by atoms with Crippen LogP contribution in [0.4, 0.5) is 4.39 Å². The number of halogens is 1. The molecule has 1 aromatic rings. The molecule has 1 heterocycles. The fourth-order valence-corrected chi connectivity index (χ4v) is 3.25. The summed E-state index contributed by atoms with van der Waals surface area (Å²) >= 11 is 0. The largest absolute Gasteiger partial charge is 0.353 e. The fourth-order valence-electron chi connectivity index (χ4n) is 3.25. The van der Waals surface area contributed by atoms with Crippen LogP contribution in [0, 0.1) is 11.7 Å². The Morgan fingerprint density at radius 1 is 1.13 bits per heavy atom. The molecule has 0 spiro atoms. The lowest BCUT2D eigenvalue weighted by atomic mass is 9.84. The monoisotopic (exact) mass is 318 g/mol. The third kappa shape index (κ3) is 3.89. The summed E-state index contributed by atoms with van der Waals surface area (Å²) in [5.41, 5.74) is 0.419. The average Bonchev–Trinajstić information content (AvgIpc) is 2.48. The van der Waals surface area contributed by atoms with Crippen molar-refractivity contribution in [2.24, 2.45) is 5.92 Å². The van der Waals surface area contributed by atoms with Gasteiger partial charge in [-0.05, 0) is 37.3 Å². The van der Waals surface area contributed by atoms with Crippen molar-refractivity contribution in [1.29, 1.82) is 0 Å². The van der Waals surface area contributed by atoms with Crippen LogP contribution in [0.15, 0.2) is 24.3 Å². The van der Waals surface area contributed by atoms with Gasteiger partial charge in [0.05, 0.1) is 6.42 Å². The van der Waals surface area contributed by atoms with E-state index in [-0.39, 0.29) is 36.0 Å². The maximum atomic E-state index is 13.6. The quantitative estimate of drug-likeness (QED) is 0.926. The van der Waals surface area contributed by atoms with Gasteiger partial charge in [-0.3, -0.25) is 9.59 Å². The Balaban J connectivity index is 1.44. The van der Waals surface area contributed by atoms with Crippen molar-refractivity contribution in [1.82, 2.24) is 10.2 Å². The lowest BCUT2D eigenvalue weighted by Gasteiger charge is -2.36. The number of piperidine rings is 1. The molecule has 1 saturated carbocycles. The van der Waals surface area contributed by atoms with Crippen molar-refractivity contribution in [2.45, 2.75) is 44.6 Å². The first-order chi connectivity index (χ1) is 11.1. The van der Waals surface area contributed by atoms with Crippen LogP contribution in [0.25, 0.3) is 0 Å². The predicted molar refractivity (Wildman–Crippen MR) is 85.2 cm³/mol. The summed E-state index contributed by atoms with van der Waals surface area (Å²) in [6, 6.07) is 6.43. The molecule has 0 aromatic heterocycles. The van der Waals surface area contributed by atoms with Gasteiger partial charge in [-0.2, -0.15) is 0 Å². The van der Waals surface area contributed by atoms with E-state index in [1.807, 2.05) is 4.90 Å². The summed E-state index contributed by atoms with van der Waals surface area (Å²) in [7, 11) is 0. The highest BCUT2D eigenvalue weighted by molar-refractivity contribution is 5.80. The molecule has 1 aliphatic carbocycles. The third-order valence-electron chi connectivity index (χ3n) is 4.94. The summed E-state index contributed by atoms with van der Waals surface area (Å²) in [5.74, 6) is 0.0250. The van der Waals surface area contributed by atoms with Crippen LogP contribution in [0.5, 0.6) is 0 Å². The van der Waals surface area contributed by atoms with E-state index in [1.165, 1.54) is 12.5 Å². The highest BCUT2D eigenvalue weighted by Gasteiger charge is 2.31. The fraction of sp³-hybridized carbons (Fsp3) is 0.556.